The van der Waals surface area contributed by atoms with Crippen LogP contribution in [-0.4, -0.2) is 23.8 Å². The van der Waals surface area contributed by atoms with Crippen molar-refractivity contribution in [1.82, 2.24) is 4.90 Å². The van der Waals surface area contributed by atoms with Gasteiger partial charge >= 0.3 is 0 Å². The molecule has 1 aromatic carbocycles. The summed E-state index contributed by atoms with van der Waals surface area (Å²) in [6, 6.07) is 9.76. The molecule has 1 N–H and O–H groups in total. The van der Waals surface area contributed by atoms with Gasteiger partial charge in [-0.2, -0.15) is 0 Å². The predicted molar refractivity (Wildman–Crippen MR) is 55.7 cm³/mol. The lowest BCUT2D eigenvalue weighted by atomic mass is 10.2. The second-order valence-corrected chi connectivity index (χ2v) is 3.51. The van der Waals surface area contributed by atoms with E-state index >= 15 is 0 Å². The van der Waals surface area contributed by atoms with Crippen molar-refractivity contribution >= 4 is 5.84 Å². The molecule has 1 aromatic rings. The van der Waals surface area contributed by atoms with Crippen molar-refractivity contribution in [2.75, 3.05) is 13.1 Å². The zero-order chi connectivity index (χ0) is 9.80. The number of rotatable bonds is 1. The molecule has 1 aliphatic heterocycles. The molecule has 3 nitrogen and oxygen atoms in total. The predicted octanol–water partition coefficient (Wildman–Crippen LogP) is 0.107. The smallest absolute Gasteiger partial charge is 0.279 e. The first-order chi connectivity index (χ1) is 6.92. The molecular formula is C11H14N2O. The Kier molecular flexibility index (Phi) is 2.68. The third-order valence-corrected chi connectivity index (χ3v) is 2.57. The van der Waals surface area contributed by atoms with Crippen molar-refractivity contribution in [2.24, 2.45) is 0 Å². The molecule has 0 unspecified atom stereocenters. The van der Waals surface area contributed by atoms with Gasteiger partial charge in [0.2, 0.25) is 0 Å². The van der Waals surface area contributed by atoms with E-state index in [1.807, 2.05) is 30.3 Å². The zero-order valence-electron chi connectivity index (χ0n) is 8.07. The minimum absolute atomic E-state index is 0.711. The highest BCUT2D eigenvalue weighted by Gasteiger charge is 2.23. The Hall–Kier alpha value is -1.51. The minimum Gasteiger partial charge on any atom is -0.717 e. The number of hydrogen-bond donors (Lipinski definition) is 1. The van der Waals surface area contributed by atoms with Crippen LogP contribution < -0.4 is 5.16 Å². The summed E-state index contributed by atoms with van der Waals surface area (Å²) in [5, 5.41) is 12.9. The van der Waals surface area contributed by atoms with Crippen LogP contribution in [0.4, 0.5) is 0 Å². The van der Waals surface area contributed by atoms with Crippen LogP contribution >= 0.6 is 0 Å². The zero-order valence-corrected chi connectivity index (χ0v) is 8.07. The molecule has 0 bridgehead atoms. The van der Waals surface area contributed by atoms with Gasteiger partial charge in [0.1, 0.15) is 0 Å². The number of benzene rings is 1. The Bertz CT molecular complexity index is 315. The van der Waals surface area contributed by atoms with E-state index in [1.165, 1.54) is 12.8 Å². The molecule has 0 radical (unpaired) electrons. The average molecular weight is 190 g/mol. The van der Waals surface area contributed by atoms with Gasteiger partial charge in [0.25, 0.3) is 5.84 Å². The van der Waals surface area contributed by atoms with E-state index in [2.05, 4.69) is 10.1 Å². The van der Waals surface area contributed by atoms with Gasteiger partial charge in [-0.15, -0.1) is 0 Å². The SMILES string of the molecule is [O-][NH+]=C(c1ccccc1)N1CCCC1. The molecule has 14 heavy (non-hydrogen) atoms. The van der Waals surface area contributed by atoms with Crippen LogP contribution in [0.5, 0.6) is 0 Å². The average Bonchev–Trinajstić information content (AvgIpc) is 2.74. The number of likely N-dealkylation sites (tertiary alicyclic amines) is 1. The van der Waals surface area contributed by atoms with Crippen LogP contribution in [0.25, 0.3) is 0 Å². The quantitative estimate of drug-likeness (QED) is 0.295. The summed E-state index contributed by atoms with van der Waals surface area (Å²) in [6.07, 6.45) is 2.36. The summed E-state index contributed by atoms with van der Waals surface area (Å²) in [4.78, 5) is 2.11. The van der Waals surface area contributed by atoms with Gasteiger partial charge in [-0.25, -0.2) is 0 Å². The molecule has 1 heterocycles. The van der Waals surface area contributed by atoms with Crippen molar-refractivity contribution < 1.29 is 5.16 Å². The molecule has 0 atom stereocenters. The fourth-order valence-corrected chi connectivity index (χ4v) is 1.84. The lowest BCUT2D eigenvalue weighted by molar-refractivity contribution is -0.379. The molecule has 1 saturated heterocycles. The van der Waals surface area contributed by atoms with Gasteiger partial charge in [0.05, 0.1) is 18.7 Å². The van der Waals surface area contributed by atoms with Gasteiger partial charge in [-0.05, 0) is 25.0 Å². The van der Waals surface area contributed by atoms with E-state index in [4.69, 9.17) is 0 Å². The maximum absolute atomic E-state index is 10.9. The molecule has 0 spiro atoms. The molecule has 2 rings (SSSR count). The first kappa shape index (κ1) is 9.06. The monoisotopic (exact) mass is 190 g/mol. The van der Waals surface area contributed by atoms with E-state index in [1.54, 1.807) is 0 Å². The van der Waals surface area contributed by atoms with Gasteiger partial charge in [0.15, 0.2) is 0 Å². The molecular weight excluding hydrogens is 176 g/mol. The normalized spacial score (nSPS) is 17.4. The van der Waals surface area contributed by atoms with E-state index < -0.39 is 0 Å². The fourth-order valence-electron chi connectivity index (χ4n) is 1.84. The highest BCUT2D eigenvalue weighted by molar-refractivity contribution is 5.94. The summed E-state index contributed by atoms with van der Waals surface area (Å²) < 4.78 is 0. The van der Waals surface area contributed by atoms with E-state index in [-0.39, 0.29) is 0 Å². The summed E-state index contributed by atoms with van der Waals surface area (Å²) in [5.41, 5.74) is 0.976. The van der Waals surface area contributed by atoms with Crippen LogP contribution in [0.3, 0.4) is 0 Å². The Morgan fingerprint density at radius 2 is 1.79 bits per heavy atom. The third-order valence-electron chi connectivity index (χ3n) is 2.57. The van der Waals surface area contributed by atoms with E-state index in [0.717, 1.165) is 18.7 Å². The van der Waals surface area contributed by atoms with E-state index in [9.17, 15) is 5.21 Å². The Labute approximate surface area is 83.7 Å². The van der Waals surface area contributed by atoms with Gasteiger partial charge < -0.3 is 5.21 Å². The van der Waals surface area contributed by atoms with Crippen LogP contribution in [0.2, 0.25) is 0 Å². The first-order valence-corrected chi connectivity index (χ1v) is 4.97. The Morgan fingerprint density at radius 3 is 2.36 bits per heavy atom. The minimum atomic E-state index is 0.711. The van der Waals surface area contributed by atoms with Crippen LogP contribution in [0, 0.1) is 5.21 Å². The van der Waals surface area contributed by atoms with Crippen molar-refractivity contribution in [3.8, 4) is 0 Å². The maximum Gasteiger partial charge on any atom is 0.279 e. The first-order valence-electron chi connectivity index (χ1n) is 4.97. The molecule has 0 aliphatic carbocycles. The number of hydrogen-bond acceptors (Lipinski definition) is 1. The maximum atomic E-state index is 10.9. The highest BCUT2D eigenvalue weighted by Crippen LogP contribution is 2.10. The van der Waals surface area contributed by atoms with Crippen LogP contribution in [0.15, 0.2) is 30.3 Å². The van der Waals surface area contributed by atoms with Crippen LogP contribution in [-0.2, 0) is 0 Å². The lowest BCUT2D eigenvalue weighted by Gasteiger charge is -2.13. The Balaban J connectivity index is 2.22. The summed E-state index contributed by atoms with van der Waals surface area (Å²) in [5.74, 6) is 0.711. The van der Waals surface area contributed by atoms with Crippen molar-refractivity contribution in [3.63, 3.8) is 0 Å². The summed E-state index contributed by atoms with van der Waals surface area (Å²) in [7, 11) is 0. The van der Waals surface area contributed by atoms with Crippen LogP contribution in [0.1, 0.15) is 18.4 Å². The number of nitrogens with zero attached hydrogens (tertiary/aromatic N) is 1. The molecule has 3 heteroatoms. The molecule has 1 fully saturated rings. The van der Waals surface area contributed by atoms with Crippen molar-refractivity contribution in [2.45, 2.75) is 12.8 Å². The van der Waals surface area contributed by atoms with Crippen molar-refractivity contribution in [3.05, 3.63) is 41.1 Å². The fraction of sp³-hybridized carbons (Fsp3) is 0.364. The largest absolute Gasteiger partial charge is 0.717 e. The second-order valence-electron chi connectivity index (χ2n) is 3.51. The molecule has 0 saturated carbocycles. The van der Waals surface area contributed by atoms with Gasteiger partial charge in [0, 0.05) is 0 Å². The van der Waals surface area contributed by atoms with E-state index in [0.29, 0.717) is 5.84 Å². The third kappa shape index (κ3) is 1.71. The topological polar surface area (TPSA) is 40.3 Å². The van der Waals surface area contributed by atoms with Gasteiger partial charge in [-0.3, -0.25) is 10.1 Å². The van der Waals surface area contributed by atoms with Crippen molar-refractivity contribution in [1.29, 1.82) is 0 Å². The molecule has 0 aromatic heterocycles. The second kappa shape index (κ2) is 4.13. The summed E-state index contributed by atoms with van der Waals surface area (Å²) >= 11 is 0. The number of amidine groups is 1. The summed E-state index contributed by atoms with van der Waals surface area (Å²) in [6.45, 7) is 1.97. The molecule has 1 aliphatic rings. The molecule has 0 amide bonds. The Morgan fingerprint density at radius 1 is 1.14 bits per heavy atom. The number of nitrogens with one attached hydrogen (secondary N) is 1. The lowest BCUT2D eigenvalue weighted by Crippen LogP contribution is -2.70. The van der Waals surface area contributed by atoms with Gasteiger partial charge in [-0.1, -0.05) is 18.2 Å². The standard InChI is InChI=1S/C11H14N2O/c14-12-11(13-8-4-5-9-13)10-6-2-1-3-7-10/h1-3,6-7,12H,4-5,8-9H2. The highest BCUT2D eigenvalue weighted by atomic mass is 16.4. The molecule has 74 valence electrons.